The van der Waals surface area contributed by atoms with Crippen molar-refractivity contribution in [1.82, 2.24) is 5.32 Å². The molecule has 1 atom stereocenters. The number of amides is 1. The van der Waals surface area contributed by atoms with Gasteiger partial charge in [0, 0.05) is 19.6 Å². The van der Waals surface area contributed by atoms with Crippen molar-refractivity contribution in [2.45, 2.75) is 65.3 Å². The third-order valence-electron chi connectivity index (χ3n) is 3.94. The monoisotopic (exact) mass is 299 g/mol. The Kier molecular flexibility index (Phi) is 7.15. The molecule has 5 nitrogen and oxygen atoms in total. The van der Waals surface area contributed by atoms with Gasteiger partial charge in [-0.05, 0) is 43.4 Å². The van der Waals surface area contributed by atoms with E-state index >= 15 is 0 Å². The second-order valence-corrected chi connectivity index (χ2v) is 7.15. The Bertz CT molecular complexity index is 343. The molecule has 1 rings (SSSR count). The first-order chi connectivity index (χ1) is 9.78. The molecule has 0 bridgehead atoms. The normalized spacial score (nSPS) is 18.2. The van der Waals surface area contributed by atoms with Gasteiger partial charge in [-0.3, -0.25) is 4.79 Å². The Morgan fingerprint density at radius 3 is 2.43 bits per heavy atom. The molecular weight excluding hydrogens is 270 g/mol. The molecule has 1 aliphatic rings. The number of ether oxygens (including phenoxy) is 1. The lowest BCUT2D eigenvalue weighted by molar-refractivity contribution is -0.142. The molecule has 1 amide bonds. The van der Waals surface area contributed by atoms with Crippen LogP contribution in [-0.2, 0) is 14.3 Å². The smallest absolute Gasteiger partial charge is 0.326 e. The lowest BCUT2D eigenvalue weighted by atomic mass is 9.88. The zero-order chi connectivity index (χ0) is 15.9. The highest BCUT2D eigenvalue weighted by atomic mass is 16.5. The van der Waals surface area contributed by atoms with Crippen LogP contribution in [0.25, 0.3) is 0 Å². The summed E-state index contributed by atoms with van der Waals surface area (Å²) >= 11 is 0. The number of hydrogen-bond acceptors (Lipinski definition) is 3. The van der Waals surface area contributed by atoms with Crippen LogP contribution in [0.2, 0.25) is 0 Å². The van der Waals surface area contributed by atoms with Crippen molar-refractivity contribution >= 4 is 11.9 Å². The molecule has 0 saturated carbocycles. The highest BCUT2D eigenvalue weighted by Gasteiger charge is 2.23. The first kappa shape index (κ1) is 18.0. The summed E-state index contributed by atoms with van der Waals surface area (Å²) in [6, 6.07) is -0.772. The molecule has 1 unspecified atom stereocenters. The van der Waals surface area contributed by atoms with Crippen molar-refractivity contribution in [3.05, 3.63) is 0 Å². The Balaban J connectivity index is 2.32. The van der Waals surface area contributed by atoms with Gasteiger partial charge in [-0.25, -0.2) is 4.79 Å². The van der Waals surface area contributed by atoms with Crippen LogP contribution in [0.3, 0.4) is 0 Å². The summed E-state index contributed by atoms with van der Waals surface area (Å²) in [5, 5.41) is 11.9. The predicted molar refractivity (Wildman–Crippen MR) is 81.0 cm³/mol. The molecule has 1 fully saturated rings. The van der Waals surface area contributed by atoms with Crippen molar-refractivity contribution < 1.29 is 19.4 Å². The fourth-order valence-corrected chi connectivity index (χ4v) is 2.47. The molecular formula is C16H29NO4. The van der Waals surface area contributed by atoms with Gasteiger partial charge in [-0.15, -0.1) is 0 Å². The molecule has 1 heterocycles. The summed E-state index contributed by atoms with van der Waals surface area (Å²) in [7, 11) is 0. The van der Waals surface area contributed by atoms with Gasteiger partial charge in [0.2, 0.25) is 5.91 Å². The molecule has 0 aromatic rings. The number of carbonyl (C=O) groups is 2. The van der Waals surface area contributed by atoms with E-state index in [1.54, 1.807) is 0 Å². The van der Waals surface area contributed by atoms with Crippen LogP contribution in [0.1, 0.15) is 59.3 Å². The Labute approximate surface area is 127 Å². The van der Waals surface area contributed by atoms with Gasteiger partial charge in [0.1, 0.15) is 6.04 Å². The van der Waals surface area contributed by atoms with E-state index in [1.807, 2.05) is 0 Å². The maximum absolute atomic E-state index is 11.9. The number of carboxylic acids is 1. The first-order valence-corrected chi connectivity index (χ1v) is 7.88. The average Bonchev–Trinajstić information content (AvgIpc) is 2.41. The summed E-state index contributed by atoms with van der Waals surface area (Å²) in [5.74, 6) is -0.566. The van der Waals surface area contributed by atoms with E-state index in [4.69, 9.17) is 4.74 Å². The van der Waals surface area contributed by atoms with Crippen molar-refractivity contribution in [3.8, 4) is 0 Å². The molecule has 0 aliphatic carbocycles. The highest BCUT2D eigenvalue weighted by Crippen LogP contribution is 2.22. The number of hydrogen-bond donors (Lipinski definition) is 2. The number of nitrogens with one attached hydrogen (secondary N) is 1. The summed E-state index contributed by atoms with van der Waals surface area (Å²) < 4.78 is 5.29. The van der Waals surface area contributed by atoms with Crippen molar-refractivity contribution in [3.63, 3.8) is 0 Å². The van der Waals surface area contributed by atoms with E-state index in [-0.39, 0.29) is 11.3 Å². The van der Waals surface area contributed by atoms with E-state index < -0.39 is 12.0 Å². The van der Waals surface area contributed by atoms with Crippen molar-refractivity contribution in [2.75, 3.05) is 13.2 Å². The molecule has 2 N–H and O–H groups in total. The number of aliphatic carboxylic acids is 1. The van der Waals surface area contributed by atoms with E-state index in [0.717, 1.165) is 38.9 Å². The van der Waals surface area contributed by atoms with Gasteiger partial charge in [-0.2, -0.15) is 0 Å². The van der Waals surface area contributed by atoms with Crippen LogP contribution in [-0.4, -0.2) is 36.2 Å². The molecule has 21 heavy (non-hydrogen) atoms. The molecule has 5 heteroatoms. The van der Waals surface area contributed by atoms with Crippen LogP contribution in [0.5, 0.6) is 0 Å². The maximum atomic E-state index is 11.9. The zero-order valence-electron chi connectivity index (χ0n) is 13.5. The first-order valence-electron chi connectivity index (χ1n) is 7.88. The topological polar surface area (TPSA) is 75.6 Å². The Hall–Kier alpha value is -1.10. The quantitative estimate of drug-likeness (QED) is 0.757. The van der Waals surface area contributed by atoms with Crippen LogP contribution < -0.4 is 5.32 Å². The van der Waals surface area contributed by atoms with E-state index in [0.29, 0.717) is 18.8 Å². The number of rotatable bonds is 7. The largest absolute Gasteiger partial charge is 0.480 e. The minimum absolute atomic E-state index is 0.0700. The molecule has 0 aromatic carbocycles. The highest BCUT2D eigenvalue weighted by molar-refractivity contribution is 5.83. The predicted octanol–water partition coefficient (Wildman–Crippen LogP) is 2.59. The van der Waals surface area contributed by atoms with Crippen LogP contribution in [0, 0.1) is 11.3 Å². The van der Waals surface area contributed by atoms with Crippen LogP contribution in [0.4, 0.5) is 0 Å². The average molecular weight is 299 g/mol. The Morgan fingerprint density at radius 2 is 1.90 bits per heavy atom. The van der Waals surface area contributed by atoms with E-state index in [9.17, 15) is 14.7 Å². The SMILES string of the molecule is CC(C)(C)CCC(NC(=O)CCC1CCOCC1)C(=O)O. The number of carboxylic acid groups (broad SMARTS) is 1. The minimum Gasteiger partial charge on any atom is -0.480 e. The maximum Gasteiger partial charge on any atom is 0.326 e. The molecule has 1 aliphatic heterocycles. The third kappa shape index (κ3) is 8.05. The molecule has 0 spiro atoms. The molecule has 0 radical (unpaired) electrons. The second kappa shape index (κ2) is 8.37. The molecule has 122 valence electrons. The molecule has 1 saturated heterocycles. The lowest BCUT2D eigenvalue weighted by Gasteiger charge is -2.23. The summed E-state index contributed by atoms with van der Waals surface area (Å²) in [6.07, 6.45) is 4.47. The van der Waals surface area contributed by atoms with E-state index in [1.165, 1.54) is 0 Å². The van der Waals surface area contributed by atoms with Gasteiger partial charge in [-0.1, -0.05) is 20.8 Å². The van der Waals surface area contributed by atoms with Gasteiger partial charge >= 0.3 is 5.97 Å². The van der Waals surface area contributed by atoms with Gasteiger partial charge in [0.05, 0.1) is 0 Å². The van der Waals surface area contributed by atoms with Crippen molar-refractivity contribution in [2.24, 2.45) is 11.3 Å². The fourth-order valence-electron chi connectivity index (χ4n) is 2.47. The lowest BCUT2D eigenvalue weighted by Crippen LogP contribution is -2.41. The van der Waals surface area contributed by atoms with Crippen LogP contribution in [0.15, 0.2) is 0 Å². The third-order valence-corrected chi connectivity index (χ3v) is 3.94. The summed E-state index contributed by atoms with van der Waals surface area (Å²) in [5.41, 5.74) is 0.0700. The summed E-state index contributed by atoms with van der Waals surface area (Å²) in [6.45, 7) is 7.75. The fraction of sp³-hybridized carbons (Fsp3) is 0.875. The van der Waals surface area contributed by atoms with Gasteiger partial charge in [0.25, 0.3) is 0 Å². The van der Waals surface area contributed by atoms with Crippen molar-refractivity contribution in [1.29, 1.82) is 0 Å². The van der Waals surface area contributed by atoms with Gasteiger partial charge in [0.15, 0.2) is 0 Å². The number of carbonyl (C=O) groups excluding carboxylic acids is 1. The van der Waals surface area contributed by atoms with E-state index in [2.05, 4.69) is 26.1 Å². The molecule has 0 aromatic heterocycles. The Morgan fingerprint density at radius 1 is 1.29 bits per heavy atom. The second-order valence-electron chi connectivity index (χ2n) is 7.15. The minimum atomic E-state index is -0.946. The zero-order valence-corrected chi connectivity index (χ0v) is 13.5. The van der Waals surface area contributed by atoms with Gasteiger partial charge < -0.3 is 15.2 Å². The standard InChI is InChI=1S/C16H29NO4/c1-16(2,3)9-6-13(15(19)20)17-14(18)5-4-12-7-10-21-11-8-12/h12-13H,4-11H2,1-3H3,(H,17,18)(H,19,20). The van der Waals surface area contributed by atoms with Crippen LogP contribution >= 0.6 is 0 Å². The summed E-state index contributed by atoms with van der Waals surface area (Å²) in [4.78, 5) is 23.1.